The van der Waals surface area contributed by atoms with Crippen molar-refractivity contribution in [2.45, 2.75) is 31.9 Å². The second-order valence-corrected chi connectivity index (χ2v) is 8.13. The van der Waals surface area contributed by atoms with Crippen molar-refractivity contribution in [1.29, 1.82) is 0 Å². The number of carboxylic acid groups (broad SMARTS) is 1. The number of anilines is 1. The monoisotopic (exact) mass is 465 g/mol. The molecule has 9 nitrogen and oxygen atoms in total. The largest absolute Gasteiger partial charge is 0.505 e. The molecule has 0 bridgehead atoms. The zero-order valence-electron chi connectivity index (χ0n) is 15.6. The van der Waals surface area contributed by atoms with Crippen LogP contribution in [0.1, 0.15) is 24.4 Å². The first kappa shape index (κ1) is 19.7. The molecule has 1 saturated heterocycles. The van der Waals surface area contributed by atoms with Gasteiger partial charge in [-0.25, -0.2) is 4.79 Å². The summed E-state index contributed by atoms with van der Waals surface area (Å²) >= 11 is 3.46. The molecule has 4 rings (SSSR count). The summed E-state index contributed by atoms with van der Waals surface area (Å²) in [6.45, 7) is 1.97. The molecule has 29 heavy (non-hydrogen) atoms. The maximum absolute atomic E-state index is 13.2. The number of aromatic hydroxyl groups is 1. The van der Waals surface area contributed by atoms with Gasteiger partial charge >= 0.3 is 6.09 Å². The Morgan fingerprint density at radius 2 is 2.03 bits per heavy atom. The molecule has 2 aliphatic rings. The molecular weight excluding hydrogens is 446 g/mol. The fourth-order valence-electron chi connectivity index (χ4n) is 3.61. The number of fused-ring (bicyclic) bond motifs is 1. The Hall–Kier alpha value is -2.59. The molecule has 1 aliphatic heterocycles. The summed E-state index contributed by atoms with van der Waals surface area (Å²) < 4.78 is 7.81. The number of hydrogen-bond acceptors (Lipinski definition) is 5. The first-order valence-electron chi connectivity index (χ1n) is 9.26. The lowest BCUT2D eigenvalue weighted by atomic mass is 10.1. The first-order valence-corrected chi connectivity index (χ1v) is 10.1. The van der Waals surface area contributed by atoms with E-state index in [4.69, 9.17) is 9.84 Å². The third-order valence-electron chi connectivity index (χ3n) is 5.32. The average molecular weight is 466 g/mol. The molecule has 1 atom stereocenters. The number of aromatic nitrogens is 1. The summed E-state index contributed by atoms with van der Waals surface area (Å²) in [5.74, 6) is -0.976. The minimum atomic E-state index is -1.14. The Kier molecular flexibility index (Phi) is 4.99. The van der Waals surface area contributed by atoms with Crippen LogP contribution >= 0.6 is 15.9 Å². The standard InChI is InChI=1S/C19H20BrN3O6/c1-9-12(20)5-4-11-15(9)23(10-2-3-10)18(26)14(16(11)24)21-17(25)13-8-22(19(27)28)6-7-29-13/h4-5,10,13,24H,2-3,6-8H2,1H3,(H,21,25)(H,27,28)/t13-/m0/s1. The average Bonchev–Trinajstić information content (AvgIpc) is 3.53. The molecule has 1 aliphatic carbocycles. The number of nitrogens with zero attached hydrogens (tertiary/aromatic N) is 2. The van der Waals surface area contributed by atoms with Gasteiger partial charge in [0.05, 0.1) is 18.7 Å². The van der Waals surface area contributed by atoms with Gasteiger partial charge in [0.1, 0.15) is 0 Å². The van der Waals surface area contributed by atoms with Crippen LogP contribution in [0.25, 0.3) is 10.9 Å². The molecule has 154 valence electrons. The van der Waals surface area contributed by atoms with E-state index >= 15 is 0 Å². The minimum absolute atomic E-state index is 0.0164. The molecule has 3 N–H and O–H groups in total. The van der Waals surface area contributed by atoms with Gasteiger partial charge < -0.3 is 29.7 Å². The van der Waals surface area contributed by atoms with Gasteiger partial charge in [-0.3, -0.25) is 9.59 Å². The van der Waals surface area contributed by atoms with Gasteiger partial charge in [0.15, 0.2) is 17.5 Å². The lowest BCUT2D eigenvalue weighted by Gasteiger charge is -2.30. The smallest absolute Gasteiger partial charge is 0.407 e. The second-order valence-electron chi connectivity index (χ2n) is 7.28. The van der Waals surface area contributed by atoms with Crippen molar-refractivity contribution < 1.29 is 24.5 Å². The van der Waals surface area contributed by atoms with Crippen LogP contribution in [0.15, 0.2) is 21.4 Å². The Balaban J connectivity index is 1.75. The Morgan fingerprint density at radius 3 is 2.69 bits per heavy atom. The number of ether oxygens (including phenoxy) is 1. The Morgan fingerprint density at radius 1 is 1.31 bits per heavy atom. The number of benzene rings is 1. The van der Waals surface area contributed by atoms with E-state index in [9.17, 15) is 19.5 Å². The summed E-state index contributed by atoms with van der Waals surface area (Å²) in [4.78, 5) is 38.1. The fraction of sp³-hybridized carbons (Fsp3) is 0.421. The number of halogens is 1. The molecule has 0 radical (unpaired) electrons. The first-order chi connectivity index (χ1) is 13.8. The van der Waals surface area contributed by atoms with Crippen molar-refractivity contribution in [1.82, 2.24) is 9.47 Å². The van der Waals surface area contributed by atoms with Crippen LogP contribution in [0.2, 0.25) is 0 Å². The van der Waals surface area contributed by atoms with Crippen molar-refractivity contribution in [2.24, 2.45) is 0 Å². The Labute approximate surface area is 174 Å². The van der Waals surface area contributed by atoms with Crippen molar-refractivity contribution in [3.63, 3.8) is 0 Å². The second kappa shape index (κ2) is 7.34. The molecule has 0 spiro atoms. The molecular formula is C19H20BrN3O6. The molecule has 1 saturated carbocycles. The number of pyridine rings is 1. The summed E-state index contributed by atoms with van der Waals surface area (Å²) in [5, 5.41) is 22.8. The number of rotatable bonds is 3. The highest BCUT2D eigenvalue weighted by Gasteiger charge is 2.33. The van der Waals surface area contributed by atoms with Crippen molar-refractivity contribution in [3.05, 3.63) is 32.5 Å². The van der Waals surface area contributed by atoms with Crippen LogP contribution in [0, 0.1) is 6.92 Å². The predicted molar refractivity (Wildman–Crippen MR) is 109 cm³/mol. The van der Waals surface area contributed by atoms with E-state index in [1.165, 1.54) is 0 Å². The van der Waals surface area contributed by atoms with E-state index in [0.29, 0.717) is 10.9 Å². The summed E-state index contributed by atoms with van der Waals surface area (Å²) in [6, 6.07) is 3.49. The van der Waals surface area contributed by atoms with E-state index in [0.717, 1.165) is 27.8 Å². The maximum Gasteiger partial charge on any atom is 0.407 e. The maximum atomic E-state index is 13.2. The summed E-state index contributed by atoms with van der Waals surface area (Å²) in [6.07, 6.45) is -0.510. The number of morpholine rings is 1. The zero-order chi connectivity index (χ0) is 20.9. The van der Waals surface area contributed by atoms with Crippen molar-refractivity contribution >= 4 is 44.5 Å². The van der Waals surface area contributed by atoms with Crippen LogP contribution in [0.3, 0.4) is 0 Å². The summed E-state index contributed by atoms with van der Waals surface area (Å²) in [5.41, 5.74) is 0.755. The van der Waals surface area contributed by atoms with Gasteiger partial charge in [0.25, 0.3) is 11.5 Å². The topological polar surface area (TPSA) is 121 Å². The van der Waals surface area contributed by atoms with Crippen LogP contribution in [-0.4, -0.2) is 57.5 Å². The van der Waals surface area contributed by atoms with E-state index in [1.807, 2.05) is 6.92 Å². The van der Waals surface area contributed by atoms with Crippen molar-refractivity contribution in [3.8, 4) is 5.75 Å². The zero-order valence-corrected chi connectivity index (χ0v) is 17.2. The highest BCUT2D eigenvalue weighted by atomic mass is 79.9. The van der Waals surface area contributed by atoms with Gasteiger partial charge in [0, 0.05) is 22.4 Å². The van der Waals surface area contributed by atoms with Gasteiger partial charge in [-0.05, 0) is 37.5 Å². The molecule has 2 fully saturated rings. The lowest BCUT2D eigenvalue weighted by molar-refractivity contribution is -0.131. The van der Waals surface area contributed by atoms with E-state index in [-0.39, 0.29) is 37.2 Å². The number of aryl methyl sites for hydroxylation is 1. The highest BCUT2D eigenvalue weighted by Crippen LogP contribution is 2.41. The fourth-order valence-corrected chi connectivity index (χ4v) is 3.93. The van der Waals surface area contributed by atoms with Gasteiger partial charge in [0.2, 0.25) is 0 Å². The van der Waals surface area contributed by atoms with E-state index in [2.05, 4.69) is 21.2 Å². The van der Waals surface area contributed by atoms with Crippen LogP contribution in [0.5, 0.6) is 5.75 Å². The molecule has 2 heterocycles. The van der Waals surface area contributed by atoms with Gasteiger partial charge in [-0.1, -0.05) is 15.9 Å². The molecule has 2 aromatic rings. The number of hydrogen-bond donors (Lipinski definition) is 3. The minimum Gasteiger partial charge on any atom is -0.505 e. The number of carbonyl (C=O) groups is 2. The number of amides is 2. The van der Waals surface area contributed by atoms with Gasteiger partial charge in [-0.15, -0.1) is 0 Å². The van der Waals surface area contributed by atoms with Crippen LogP contribution < -0.4 is 10.9 Å². The summed E-state index contributed by atoms with van der Waals surface area (Å²) in [7, 11) is 0. The van der Waals surface area contributed by atoms with Crippen LogP contribution in [0.4, 0.5) is 10.5 Å². The van der Waals surface area contributed by atoms with E-state index in [1.54, 1.807) is 16.7 Å². The molecule has 0 unspecified atom stereocenters. The number of nitrogens with one attached hydrogen (secondary N) is 1. The quantitative estimate of drug-likeness (QED) is 0.639. The molecule has 1 aromatic carbocycles. The molecule has 2 amide bonds. The predicted octanol–water partition coefficient (Wildman–Crippen LogP) is 2.43. The number of carbonyl (C=O) groups excluding carboxylic acids is 1. The molecule has 10 heteroatoms. The van der Waals surface area contributed by atoms with Gasteiger partial charge in [-0.2, -0.15) is 0 Å². The van der Waals surface area contributed by atoms with Crippen molar-refractivity contribution in [2.75, 3.05) is 25.0 Å². The highest BCUT2D eigenvalue weighted by molar-refractivity contribution is 9.10. The van der Waals surface area contributed by atoms with Crippen LogP contribution in [-0.2, 0) is 9.53 Å². The lowest BCUT2D eigenvalue weighted by Crippen LogP contribution is -2.50. The third-order valence-corrected chi connectivity index (χ3v) is 6.18. The SMILES string of the molecule is Cc1c(Br)ccc2c(O)c(NC(=O)[C@@H]3CN(C(=O)O)CCO3)c(=O)n(C3CC3)c12. The Bertz CT molecular complexity index is 1080. The third kappa shape index (κ3) is 3.46. The normalized spacial score (nSPS) is 19.4. The molecule has 1 aromatic heterocycles. The van der Waals surface area contributed by atoms with E-state index < -0.39 is 23.7 Å².